The van der Waals surface area contributed by atoms with Crippen LogP contribution >= 0.6 is 0 Å². The summed E-state index contributed by atoms with van der Waals surface area (Å²) in [7, 11) is 0. The van der Waals surface area contributed by atoms with Crippen LogP contribution in [-0.4, -0.2) is 17.0 Å². The highest BCUT2D eigenvalue weighted by atomic mass is 19.1. The van der Waals surface area contributed by atoms with Gasteiger partial charge in [-0.15, -0.1) is 0 Å². The number of benzene rings is 1. The molecular weight excluding hydrogens is 307 g/mol. The van der Waals surface area contributed by atoms with E-state index in [1.54, 1.807) is 0 Å². The summed E-state index contributed by atoms with van der Waals surface area (Å²) in [5.74, 6) is -0.149. The van der Waals surface area contributed by atoms with Crippen molar-refractivity contribution in [1.82, 2.24) is 10.3 Å². The smallest absolute Gasteiger partial charge is 0.251 e. The summed E-state index contributed by atoms with van der Waals surface area (Å²) in [6, 6.07) is 10.4. The number of hydrogen-bond donors (Lipinski definition) is 1. The van der Waals surface area contributed by atoms with E-state index < -0.39 is 5.95 Å². The Kier molecular flexibility index (Phi) is 5.41. The average molecular weight is 328 g/mol. The van der Waals surface area contributed by atoms with Gasteiger partial charge in [-0.05, 0) is 49.4 Å². The largest absolute Gasteiger partial charge is 0.490 e. The number of hydrogen-bond acceptors (Lipinski definition) is 3. The summed E-state index contributed by atoms with van der Waals surface area (Å²) in [5, 5.41) is 2.78. The molecule has 0 atom stereocenters. The minimum absolute atomic E-state index is 0.261. The molecular formula is C19H21FN2O2. The Morgan fingerprint density at radius 2 is 2.04 bits per heavy atom. The molecule has 0 saturated heterocycles. The van der Waals surface area contributed by atoms with E-state index in [1.165, 1.54) is 31.5 Å². The summed E-state index contributed by atoms with van der Waals surface area (Å²) in [4.78, 5) is 15.5. The molecule has 0 aliphatic heterocycles. The van der Waals surface area contributed by atoms with Crippen molar-refractivity contribution in [2.75, 3.05) is 0 Å². The van der Waals surface area contributed by atoms with Crippen LogP contribution in [0.25, 0.3) is 0 Å². The summed E-state index contributed by atoms with van der Waals surface area (Å²) in [6.45, 7) is 0.366. The second-order valence-corrected chi connectivity index (χ2v) is 6.08. The molecule has 4 nitrogen and oxygen atoms in total. The third-order valence-electron chi connectivity index (χ3n) is 4.20. The second-order valence-electron chi connectivity index (χ2n) is 6.08. The molecule has 3 rings (SSSR count). The van der Waals surface area contributed by atoms with Crippen molar-refractivity contribution < 1.29 is 13.9 Å². The third kappa shape index (κ3) is 4.54. The van der Waals surface area contributed by atoms with Crippen molar-refractivity contribution in [3.05, 3.63) is 59.7 Å². The van der Waals surface area contributed by atoms with Crippen LogP contribution in [0.2, 0.25) is 0 Å². The first-order valence-electron chi connectivity index (χ1n) is 8.36. The Bertz CT molecular complexity index is 699. The highest BCUT2D eigenvalue weighted by molar-refractivity contribution is 5.93. The highest BCUT2D eigenvalue weighted by Crippen LogP contribution is 2.23. The first-order chi connectivity index (χ1) is 11.7. The van der Waals surface area contributed by atoms with Gasteiger partial charge in [-0.2, -0.15) is 4.39 Å². The van der Waals surface area contributed by atoms with Crippen molar-refractivity contribution in [2.45, 2.75) is 44.8 Å². The van der Waals surface area contributed by atoms with Gasteiger partial charge >= 0.3 is 0 Å². The van der Waals surface area contributed by atoms with Crippen LogP contribution in [0, 0.1) is 5.95 Å². The molecule has 1 saturated carbocycles. The van der Waals surface area contributed by atoms with Gasteiger partial charge in [0.05, 0.1) is 6.10 Å². The molecule has 2 aromatic rings. The maximum Gasteiger partial charge on any atom is 0.251 e. The Morgan fingerprint density at radius 3 is 2.83 bits per heavy atom. The monoisotopic (exact) mass is 328 g/mol. The second kappa shape index (κ2) is 7.90. The zero-order valence-electron chi connectivity index (χ0n) is 13.5. The van der Waals surface area contributed by atoms with Crippen LogP contribution < -0.4 is 10.1 Å². The predicted octanol–water partition coefficient (Wildman–Crippen LogP) is 3.86. The summed E-state index contributed by atoms with van der Waals surface area (Å²) in [5.41, 5.74) is 1.21. The van der Waals surface area contributed by atoms with E-state index in [2.05, 4.69) is 10.3 Å². The third-order valence-corrected chi connectivity index (χ3v) is 4.20. The van der Waals surface area contributed by atoms with E-state index >= 15 is 0 Å². The molecule has 0 spiro atoms. The van der Waals surface area contributed by atoms with Crippen molar-refractivity contribution in [1.29, 1.82) is 0 Å². The van der Waals surface area contributed by atoms with Gasteiger partial charge in [0.25, 0.3) is 5.91 Å². The molecule has 1 aromatic carbocycles. The zero-order chi connectivity index (χ0) is 16.8. The first-order valence-corrected chi connectivity index (χ1v) is 8.36. The molecule has 1 amide bonds. The molecule has 5 heteroatoms. The SMILES string of the molecule is O=C(NCc1cccc(OC2CCCCC2)c1)c1ccnc(F)c1. The molecule has 0 unspecified atom stereocenters. The van der Waals surface area contributed by atoms with E-state index in [4.69, 9.17) is 4.74 Å². The molecule has 1 heterocycles. The summed E-state index contributed by atoms with van der Waals surface area (Å²) in [6.07, 6.45) is 7.53. The lowest BCUT2D eigenvalue weighted by Gasteiger charge is -2.23. The number of rotatable bonds is 5. The Balaban J connectivity index is 1.57. The Labute approximate surface area is 141 Å². The molecule has 1 aromatic heterocycles. The van der Waals surface area contributed by atoms with Crippen molar-refractivity contribution >= 4 is 5.91 Å². The van der Waals surface area contributed by atoms with Crippen LogP contribution in [0.5, 0.6) is 5.75 Å². The van der Waals surface area contributed by atoms with Gasteiger partial charge in [0.15, 0.2) is 0 Å². The summed E-state index contributed by atoms with van der Waals surface area (Å²) >= 11 is 0. The number of amides is 1. The topological polar surface area (TPSA) is 51.2 Å². The standard InChI is InChI=1S/C19H21FN2O2/c20-18-12-15(9-10-21-18)19(23)22-13-14-5-4-8-17(11-14)24-16-6-2-1-3-7-16/h4-5,8-12,16H,1-3,6-7,13H2,(H,22,23). The molecule has 1 N–H and O–H groups in total. The number of nitrogens with zero attached hydrogens (tertiary/aromatic N) is 1. The molecule has 24 heavy (non-hydrogen) atoms. The molecule has 1 aliphatic carbocycles. The maximum absolute atomic E-state index is 13.1. The van der Waals surface area contributed by atoms with Crippen LogP contribution in [-0.2, 0) is 6.54 Å². The van der Waals surface area contributed by atoms with E-state index in [9.17, 15) is 9.18 Å². The average Bonchev–Trinajstić information content (AvgIpc) is 2.61. The number of aromatic nitrogens is 1. The zero-order valence-corrected chi connectivity index (χ0v) is 13.5. The first kappa shape index (κ1) is 16.4. The fourth-order valence-corrected chi connectivity index (χ4v) is 2.93. The lowest BCUT2D eigenvalue weighted by Crippen LogP contribution is -2.23. The van der Waals surface area contributed by atoms with Crippen LogP contribution in [0.4, 0.5) is 4.39 Å². The van der Waals surface area contributed by atoms with Crippen molar-refractivity contribution in [3.63, 3.8) is 0 Å². The number of carbonyl (C=O) groups is 1. The molecule has 126 valence electrons. The fraction of sp³-hybridized carbons (Fsp3) is 0.368. The lowest BCUT2D eigenvalue weighted by molar-refractivity contribution is 0.0950. The number of carbonyl (C=O) groups excluding carboxylic acids is 1. The number of halogens is 1. The fourth-order valence-electron chi connectivity index (χ4n) is 2.93. The molecule has 1 aliphatic rings. The van der Waals surface area contributed by atoms with Gasteiger partial charge in [0.1, 0.15) is 5.75 Å². The maximum atomic E-state index is 13.1. The highest BCUT2D eigenvalue weighted by Gasteiger charge is 2.15. The van der Waals surface area contributed by atoms with Crippen LogP contribution in [0.1, 0.15) is 48.0 Å². The van der Waals surface area contributed by atoms with Crippen LogP contribution in [0.15, 0.2) is 42.6 Å². The minimum Gasteiger partial charge on any atom is -0.490 e. The van der Waals surface area contributed by atoms with Gasteiger partial charge in [0.2, 0.25) is 5.95 Å². The minimum atomic E-state index is -0.662. The van der Waals surface area contributed by atoms with E-state index in [0.717, 1.165) is 30.2 Å². The Morgan fingerprint density at radius 1 is 1.21 bits per heavy atom. The number of pyridine rings is 1. The van der Waals surface area contributed by atoms with Crippen molar-refractivity contribution in [2.24, 2.45) is 0 Å². The quantitative estimate of drug-likeness (QED) is 0.848. The predicted molar refractivity (Wildman–Crippen MR) is 89.3 cm³/mol. The van der Waals surface area contributed by atoms with E-state index in [0.29, 0.717) is 12.6 Å². The molecule has 0 radical (unpaired) electrons. The number of ether oxygens (including phenoxy) is 1. The lowest BCUT2D eigenvalue weighted by atomic mass is 9.98. The van der Waals surface area contributed by atoms with Crippen LogP contribution in [0.3, 0.4) is 0 Å². The van der Waals surface area contributed by atoms with Gasteiger partial charge in [-0.25, -0.2) is 4.98 Å². The van der Waals surface area contributed by atoms with Gasteiger partial charge in [-0.1, -0.05) is 18.6 Å². The normalized spacial score (nSPS) is 15.0. The van der Waals surface area contributed by atoms with E-state index in [-0.39, 0.29) is 11.5 Å². The number of nitrogens with one attached hydrogen (secondary N) is 1. The van der Waals surface area contributed by atoms with Gasteiger partial charge in [0, 0.05) is 24.4 Å². The summed E-state index contributed by atoms with van der Waals surface area (Å²) < 4.78 is 19.1. The Hall–Kier alpha value is -2.43. The molecule has 1 fully saturated rings. The van der Waals surface area contributed by atoms with Crippen molar-refractivity contribution in [3.8, 4) is 5.75 Å². The van der Waals surface area contributed by atoms with E-state index in [1.807, 2.05) is 24.3 Å². The molecule has 0 bridgehead atoms. The van der Waals surface area contributed by atoms with Gasteiger partial charge in [-0.3, -0.25) is 4.79 Å². The van der Waals surface area contributed by atoms with Gasteiger partial charge < -0.3 is 10.1 Å².